The summed E-state index contributed by atoms with van der Waals surface area (Å²) in [4.78, 5) is 26.2. The van der Waals surface area contributed by atoms with Crippen LogP contribution in [0.4, 0.5) is 5.69 Å². The van der Waals surface area contributed by atoms with Crippen LogP contribution < -0.4 is 4.90 Å². The average molecular weight is 375 g/mol. The van der Waals surface area contributed by atoms with Crippen LogP contribution in [-0.2, 0) is 7.05 Å². The fourth-order valence-corrected chi connectivity index (χ4v) is 3.73. The maximum Gasteiger partial charge on any atom is 0.272 e. The maximum atomic E-state index is 13.2. The molecule has 1 aliphatic heterocycles. The van der Waals surface area contributed by atoms with E-state index in [1.807, 2.05) is 66.0 Å². The van der Waals surface area contributed by atoms with E-state index >= 15 is 0 Å². The van der Waals surface area contributed by atoms with Crippen molar-refractivity contribution in [3.63, 3.8) is 0 Å². The molecule has 0 bridgehead atoms. The molecule has 0 saturated carbocycles. The van der Waals surface area contributed by atoms with Gasteiger partial charge < -0.3 is 14.4 Å². The lowest BCUT2D eigenvalue weighted by Crippen LogP contribution is -2.36. The van der Waals surface area contributed by atoms with E-state index in [9.17, 15) is 4.79 Å². The molecule has 1 fully saturated rings. The molecule has 4 rings (SSSR count). The Hall–Kier alpha value is -3.15. The van der Waals surface area contributed by atoms with Gasteiger partial charge >= 0.3 is 0 Å². The van der Waals surface area contributed by atoms with Crippen LogP contribution in [0, 0.1) is 6.92 Å². The second-order valence-corrected chi connectivity index (χ2v) is 7.18. The van der Waals surface area contributed by atoms with Crippen LogP contribution in [0.15, 0.2) is 54.9 Å². The highest BCUT2D eigenvalue weighted by Gasteiger charge is 2.24. The molecule has 144 valence electrons. The number of anilines is 1. The lowest BCUT2D eigenvalue weighted by Gasteiger charge is -2.24. The molecule has 1 aromatic carbocycles. The van der Waals surface area contributed by atoms with Gasteiger partial charge in [-0.1, -0.05) is 30.3 Å². The van der Waals surface area contributed by atoms with E-state index in [0.29, 0.717) is 12.2 Å². The second kappa shape index (κ2) is 7.84. The number of carbonyl (C=O) groups is 1. The number of hydrogen-bond acceptors (Lipinski definition) is 4. The van der Waals surface area contributed by atoms with Gasteiger partial charge in [-0.3, -0.25) is 9.78 Å². The fraction of sp³-hybridized carbons (Fsp3) is 0.318. The molecule has 1 saturated heterocycles. The van der Waals surface area contributed by atoms with Crippen LogP contribution in [-0.4, -0.2) is 51.5 Å². The summed E-state index contributed by atoms with van der Waals surface area (Å²) < 4.78 is 1.90. The molecular formula is C22H25N5O. The number of aromatic nitrogens is 3. The second-order valence-electron chi connectivity index (χ2n) is 7.18. The van der Waals surface area contributed by atoms with Crippen LogP contribution in [0.3, 0.4) is 0 Å². The lowest BCUT2D eigenvalue weighted by molar-refractivity contribution is 0.0757. The molecule has 1 aliphatic rings. The molecule has 0 aliphatic carbocycles. The normalized spacial score (nSPS) is 14.8. The van der Waals surface area contributed by atoms with E-state index in [-0.39, 0.29) is 5.91 Å². The van der Waals surface area contributed by atoms with Crippen molar-refractivity contribution < 1.29 is 4.79 Å². The van der Waals surface area contributed by atoms with Gasteiger partial charge in [0.15, 0.2) is 0 Å². The summed E-state index contributed by atoms with van der Waals surface area (Å²) in [6, 6.07) is 14.1. The topological polar surface area (TPSA) is 54.3 Å². The van der Waals surface area contributed by atoms with Crippen molar-refractivity contribution in [2.75, 3.05) is 31.1 Å². The first-order valence-electron chi connectivity index (χ1n) is 9.67. The van der Waals surface area contributed by atoms with E-state index in [1.165, 1.54) is 5.69 Å². The number of rotatable bonds is 3. The zero-order valence-corrected chi connectivity index (χ0v) is 16.4. The Morgan fingerprint density at radius 1 is 1.00 bits per heavy atom. The molecule has 3 aromatic rings. The Morgan fingerprint density at radius 2 is 1.82 bits per heavy atom. The Bertz CT molecular complexity index is 966. The van der Waals surface area contributed by atoms with Crippen LogP contribution in [0.2, 0.25) is 0 Å². The van der Waals surface area contributed by atoms with Gasteiger partial charge in [0.1, 0.15) is 11.5 Å². The Balaban J connectivity index is 1.49. The average Bonchev–Trinajstić information content (AvgIpc) is 2.93. The summed E-state index contributed by atoms with van der Waals surface area (Å²) in [6.07, 6.45) is 4.48. The summed E-state index contributed by atoms with van der Waals surface area (Å²) in [5, 5.41) is 0. The van der Waals surface area contributed by atoms with Crippen molar-refractivity contribution in [1.82, 2.24) is 19.4 Å². The molecule has 0 spiro atoms. The van der Waals surface area contributed by atoms with Crippen LogP contribution in [0.25, 0.3) is 11.4 Å². The SMILES string of the molecule is Cc1cc(N2CCCN(C(=O)c3cnc(-c4ccccc4)n3C)CC2)ccn1. The number of aryl methyl sites for hydroxylation is 1. The number of pyridine rings is 1. The minimum atomic E-state index is 0.0462. The summed E-state index contributed by atoms with van der Waals surface area (Å²) in [7, 11) is 1.91. The summed E-state index contributed by atoms with van der Waals surface area (Å²) in [5.74, 6) is 0.859. The lowest BCUT2D eigenvalue weighted by atomic mass is 10.2. The quantitative estimate of drug-likeness (QED) is 0.706. The van der Waals surface area contributed by atoms with Gasteiger partial charge in [0.05, 0.1) is 6.20 Å². The van der Waals surface area contributed by atoms with Crippen LogP contribution >= 0.6 is 0 Å². The third kappa shape index (κ3) is 3.63. The van der Waals surface area contributed by atoms with Crippen molar-refractivity contribution in [3.8, 4) is 11.4 Å². The van der Waals surface area contributed by atoms with E-state index < -0.39 is 0 Å². The molecule has 0 unspecified atom stereocenters. The number of nitrogens with zero attached hydrogens (tertiary/aromatic N) is 5. The van der Waals surface area contributed by atoms with Gasteiger partial charge in [-0.15, -0.1) is 0 Å². The third-order valence-electron chi connectivity index (χ3n) is 5.27. The fourth-order valence-electron chi connectivity index (χ4n) is 3.73. The van der Waals surface area contributed by atoms with E-state index in [2.05, 4.69) is 20.9 Å². The Labute approximate surface area is 165 Å². The van der Waals surface area contributed by atoms with Crippen molar-refractivity contribution in [1.29, 1.82) is 0 Å². The predicted molar refractivity (Wildman–Crippen MR) is 110 cm³/mol. The van der Waals surface area contributed by atoms with Crippen LogP contribution in [0.5, 0.6) is 0 Å². The monoisotopic (exact) mass is 375 g/mol. The number of hydrogen-bond donors (Lipinski definition) is 0. The van der Waals surface area contributed by atoms with Gasteiger partial charge in [-0.2, -0.15) is 0 Å². The van der Waals surface area contributed by atoms with Crippen molar-refractivity contribution in [2.24, 2.45) is 7.05 Å². The number of amides is 1. The first-order chi connectivity index (χ1) is 13.6. The first-order valence-corrected chi connectivity index (χ1v) is 9.67. The molecular weight excluding hydrogens is 350 g/mol. The van der Waals surface area contributed by atoms with Crippen LogP contribution in [0.1, 0.15) is 22.6 Å². The number of benzene rings is 1. The van der Waals surface area contributed by atoms with Gasteiger partial charge in [-0.25, -0.2) is 4.98 Å². The van der Waals surface area contributed by atoms with E-state index in [1.54, 1.807) is 6.20 Å². The summed E-state index contributed by atoms with van der Waals surface area (Å²) >= 11 is 0. The molecule has 0 radical (unpaired) electrons. The van der Waals surface area contributed by atoms with E-state index in [0.717, 1.165) is 43.1 Å². The highest BCUT2D eigenvalue weighted by atomic mass is 16.2. The summed E-state index contributed by atoms with van der Waals surface area (Å²) in [6.45, 7) is 5.22. The third-order valence-corrected chi connectivity index (χ3v) is 5.27. The number of carbonyl (C=O) groups excluding carboxylic acids is 1. The van der Waals surface area contributed by atoms with Crippen molar-refractivity contribution in [2.45, 2.75) is 13.3 Å². The smallest absolute Gasteiger partial charge is 0.272 e. The highest BCUT2D eigenvalue weighted by molar-refractivity contribution is 5.93. The summed E-state index contributed by atoms with van der Waals surface area (Å²) in [5.41, 5.74) is 3.83. The molecule has 0 N–H and O–H groups in total. The number of imidazole rings is 1. The Kier molecular flexibility index (Phi) is 5.10. The minimum Gasteiger partial charge on any atom is -0.370 e. The van der Waals surface area contributed by atoms with Crippen molar-refractivity contribution in [3.05, 3.63) is 66.2 Å². The highest BCUT2D eigenvalue weighted by Crippen LogP contribution is 2.21. The molecule has 0 atom stereocenters. The Morgan fingerprint density at radius 3 is 2.61 bits per heavy atom. The maximum absolute atomic E-state index is 13.2. The van der Waals surface area contributed by atoms with Gasteiger partial charge in [0, 0.05) is 56.4 Å². The molecule has 2 aromatic heterocycles. The molecule has 6 nitrogen and oxygen atoms in total. The van der Waals surface area contributed by atoms with Gasteiger partial charge in [-0.05, 0) is 25.5 Å². The molecule has 6 heteroatoms. The minimum absolute atomic E-state index is 0.0462. The zero-order chi connectivity index (χ0) is 19.5. The first kappa shape index (κ1) is 18.2. The van der Waals surface area contributed by atoms with Gasteiger partial charge in [0.25, 0.3) is 5.91 Å². The predicted octanol–water partition coefficient (Wildman–Crippen LogP) is 3.14. The van der Waals surface area contributed by atoms with Gasteiger partial charge in [0.2, 0.25) is 0 Å². The standard InChI is InChI=1S/C22H25N5O/c1-17-15-19(9-10-23-17)26-11-6-12-27(14-13-26)22(28)20-16-24-21(25(20)2)18-7-4-3-5-8-18/h3-5,7-10,15-16H,6,11-14H2,1-2H3. The van der Waals surface area contributed by atoms with Crippen molar-refractivity contribution >= 4 is 11.6 Å². The molecule has 28 heavy (non-hydrogen) atoms. The van der Waals surface area contributed by atoms with E-state index in [4.69, 9.17) is 0 Å². The zero-order valence-electron chi connectivity index (χ0n) is 16.4. The largest absolute Gasteiger partial charge is 0.370 e. The molecule has 1 amide bonds. The molecule has 3 heterocycles.